The van der Waals surface area contributed by atoms with Gasteiger partial charge in [0.25, 0.3) is 0 Å². The van der Waals surface area contributed by atoms with Crippen LogP contribution in [0.15, 0.2) is 36.4 Å². The van der Waals surface area contributed by atoms with Crippen molar-refractivity contribution in [2.75, 3.05) is 0 Å². The average molecular weight is 242 g/mol. The largest absolute Gasteiger partial charge is 0.478 e. The summed E-state index contributed by atoms with van der Waals surface area (Å²) in [5.41, 5.74) is 1.17. The number of aromatic carboxylic acids is 1. The van der Waals surface area contributed by atoms with E-state index < -0.39 is 5.97 Å². The third-order valence-electron chi connectivity index (χ3n) is 2.18. The molecule has 1 heterocycles. The summed E-state index contributed by atoms with van der Waals surface area (Å²) in [6.07, 6.45) is 0. The Hall–Kier alpha value is -2.05. The number of hydrogen-bond acceptors (Lipinski definition) is 2. The predicted molar refractivity (Wildman–Crippen MR) is 68.4 cm³/mol. The molecule has 3 heteroatoms. The van der Waals surface area contributed by atoms with Crippen molar-refractivity contribution >= 4 is 17.3 Å². The Kier molecular flexibility index (Phi) is 3.27. The summed E-state index contributed by atoms with van der Waals surface area (Å²) in [4.78, 5) is 12.6. The lowest BCUT2D eigenvalue weighted by molar-refractivity contribution is 0.0697. The summed E-state index contributed by atoms with van der Waals surface area (Å²) < 4.78 is 0. The van der Waals surface area contributed by atoms with Crippen LogP contribution in [-0.4, -0.2) is 11.1 Å². The normalized spacial score (nSPS) is 9.47. The van der Waals surface area contributed by atoms with E-state index >= 15 is 0 Å². The van der Waals surface area contributed by atoms with E-state index in [4.69, 9.17) is 5.11 Å². The van der Waals surface area contributed by atoms with Crippen molar-refractivity contribution < 1.29 is 9.90 Å². The lowest BCUT2D eigenvalue weighted by Gasteiger charge is -1.89. The molecule has 1 aromatic carbocycles. The van der Waals surface area contributed by atoms with Gasteiger partial charge in [0.1, 0.15) is 0 Å². The first-order valence-electron chi connectivity index (χ1n) is 5.07. The Labute approximate surface area is 104 Å². The second-order valence-electron chi connectivity index (χ2n) is 3.52. The first-order chi connectivity index (χ1) is 8.16. The van der Waals surface area contributed by atoms with Gasteiger partial charge in [-0.05, 0) is 31.0 Å². The van der Waals surface area contributed by atoms with E-state index in [1.165, 1.54) is 11.3 Å². The van der Waals surface area contributed by atoms with E-state index in [0.717, 1.165) is 10.4 Å². The molecule has 0 saturated heterocycles. The molecular weight excluding hydrogens is 232 g/mol. The molecule has 2 aromatic rings. The van der Waals surface area contributed by atoms with Crippen LogP contribution < -0.4 is 0 Å². The lowest BCUT2D eigenvalue weighted by Crippen LogP contribution is -1.95. The number of carboxylic acid groups (broad SMARTS) is 1. The smallest absolute Gasteiger partial charge is 0.337 e. The van der Waals surface area contributed by atoms with Crippen molar-refractivity contribution in [2.24, 2.45) is 0 Å². The molecule has 0 unspecified atom stereocenters. The molecule has 1 N–H and O–H groups in total. The van der Waals surface area contributed by atoms with Gasteiger partial charge in [0.15, 0.2) is 0 Å². The Balaban J connectivity index is 2.37. The number of thiophene rings is 1. The van der Waals surface area contributed by atoms with Crippen LogP contribution in [0.2, 0.25) is 0 Å². The highest BCUT2D eigenvalue weighted by atomic mass is 32.1. The highest BCUT2D eigenvalue weighted by Gasteiger charge is 2.11. The van der Waals surface area contributed by atoms with E-state index in [9.17, 15) is 4.79 Å². The summed E-state index contributed by atoms with van der Waals surface area (Å²) in [6, 6.07) is 11.2. The molecular formula is C14H10O2S. The summed E-state index contributed by atoms with van der Waals surface area (Å²) in [5.74, 6) is 4.96. The van der Waals surface area contributed by atoms with Crippen LogP contribution in [-0.2, 0) is 0 Å². The predicted octanol–water partition coefficient (Wildman–Crippen LogP) is 3.15. The first-order valence-corrected chi connectivity index (χ1v) is 5.89. The average Bonchev–Trinajstić information content (AvgIpc) is 2.69. The van der Waals surface area contributed by atoms with Gasteiger partial charge in [0, 0.05) is 10.4 Å². The van der Waals surface area contributed by atoms with Gasteiger partial charge in [-0.1, -0.05) is 24.1 Å². The zero-order valence-electron chi connectivity index (χ0n) is 9.23. The molecule has 17 heavy (non-hydrogen) atoms. The van der Waals surface area contributed by atoms with Crippen LogP contribution >= 0.6 is 11.3 Å². The van der Waals surface area contributed by atoms with E-state index in [1.54, 1.807) is 6.07 Å². The van der Waals surface area contributed by atoms with Crippen LogP contribution in [0.1, 0.15) is 25.7 Å². The van der Waals surface area contributed by atoms with Gasteiger partial charge in [-0.2, -0.15) is 0 Å². The van der Waals surface area contributed by atoms with Gasteiger partial charge >= 0.3 is 5.97 Å². The fourth-order valence-corrected chi connectivity index (χ4v) is 2.27. The second-order valence-corrected chi connectivity index (χ2v) is 4.78. The molecule has 0 aliphatic rings. The zero-order valence-corrected chi connectivity index (χ0v) is 10.0. The molecule has 2 rings (SSSR count). The topological polar surface area (TPSA) is 37.3 Å². The lowest BCUT2D eigenvalue weighted by atomic mass is 10.2. The monoisotopic (exact) mass is 242 g/mol. The van der Waals surface area contributed by atoms with Gasteiger partial charge in [0.2, 0.25) is 0 Å². The molecule has 0 atom stereocenters. The Morgan fingerprint density at radius 1 is 1.24 bits per heavy atom. The van der Waals surface area contributed by atoms with Gasteiger partial charge in [-0.25, -0.2) is 4.79 Å². The highest BCUT2D eigenvalue weighted by molar-refractivity contribution is 7.12. The molecule has 0 radical (unpaired) electrons. The maximum Gasteiger partial charge on any atom is 0.337 e. The van der Waals surface area contributed by atoms with Crippen molar-refractivity contribution in [1.82, 2.24) is 0 Å². The number of aryl methyl sites for hydroxylation is 1. The fourth-order valence-electron chi connectivity index (χ4n) is 1.42. The van der Waals surface area contributed by atoms with Crippen LogP contribution in [0.3, 0.4) is 0 Å². The minimum Gasteiger partial charge on any atom is -0.478 e. The maximum absolute atomic E-state index is 11.0. The summed E-state index contributed by atoms with van der Waals surface area (Å²) in [5, 5.41) is 9.02. The quantitative estimate of drug-likeness (QED) is 0.780. The molecule has 0 bridgehead atoms. The standard InChI is InChI=1S/C14H10O2S/c1-10-9-12(14(15)16)13(17-10)8-7-11-5-3-2-4-6-11/h2-6,9H,1H3,(H,15,16). The first kappa shape index (κ1) is 11.4. The SMILES string of the molecule is Cc1cc(C(=O)O)c(C#Cc2ccccc2)s1. The number of carboxylic acids is 1. The van der Waals surface area contributed by atoms with E-state index in [2.05, 4.69) is 11.8 Å². The van der Waals surface area contributed by atoms with Crippen LogP contribution in [0.5, 0.6) is 0 Å². The molecule has 0 saturated carbocycles. The third kappa shape index (κ3) is 2.74. The minimum atomic E-state index is -0.924. The molecule has 0 fully saturated rings. The Bertz CT molecular complexity index is 600. The maximum atomic E-state index is 11.0. The van der Waals surface area contributed by atoms with Crippen molar-refractivity contribution in [3.8, 4) is 11.8 Å². The van der Waals surface area contributed by atoms with Crippen molar-refractivity contribution in [1.29, 1.82) is 0 Å². The van der Waals surface area contributed by atoms with Gasteiger partial charge in [-0.15, -0.1) is 11.3 Å². The molecule has 0 aliphatic carbocycles. The number of rotatable bonds is 1. The summed E-state index contributed by atoms with van der Waals surface area (Å²) in [7, 11) is 0. The Morgan fingerprint density at radius 2 is 1.94 bits per heavy atom. The van der Waals surface area contributed by atoms with Crippen molar-refractivity contribution in [2.45, 2.75) is 6.92 Å². The highest BCUT2D eigenvalue weighted by Crippen LogP contribution is 2.20. The van der Waals surface area contributed by atoms with Gasteiger partial charge in [0.05, 0.1) is 10.4 Å². The van der Waals surface area contributed by atoms with Gasteiger partial charge in [-0.3, -0.25) is 0 Å². The molecule has 2 nitrogen and oxygen atoms in total. The van der Waals surface area contributed by atoms with Gasteiger partial charge < -0.3 is 5.11 Å². The summed E-state index contributed by atoms with van der Waals surface area (Å²) in [6.45, 7) is 1.88. The molecule has 0 amide bonds. The minimum absolute atomic E-state index is 0.288. The number of benzene rings is 1. The second kappa shape index (κ2) is 4.86. The molecule has 84 valence electrons. The van der Waals surface area contributed by atoms with E-state index in [1.807, 2.05) is 37.3 Å². The van der Waals surface area contributed by atoms with Crippen LogP contribution in [0.4, 0.5) is 0 Å². The van der Waals surface area contributed by atoms with Crippen LogP contribution in [0.25, 0.3) is 0 Å². The number of hydrogen-bond donors (Lipinski definition) is 1. The fraction of sp³-hybridized carbons (Fsp3) is 0.0714. The zero-order chi connectivity index (χ0) is 12.3. The Morgan fingerprint density at radius 3 is 2.59 bits per heavy atom. The third-order valence-corrected chi connectivity index (χ3v) is 3.15. The molecule has 0 spiro atoms. The molecule has 0 aliphatic heterocycles. The molecule has 1 aromatic heterocycles. The summed E-state index contributed by atoms with van der Waals surface area (Å²) >= 11 is 1.41. The van der Waals surface area contributed by atoms with E-state index in [-0.39, 0.29) is 5.56 Å². The van der Waals surface area contributed by atoms with Crippen LogP contribution in [0, 0.1) is 18.8 Å². The number of carbonyl (C=O) groups is 1. The van der Waals surface area contributed by atoms with Crippen molar-refractivity contribution in [3.05, 3.63) is 57.3 Å². The van der Waals surface area contributed by atoms with Crippen molar-refractivity contribution in [3.63, 3.8) is 0 Å². The van der Waals surface area contributed by atoms with E-state index in [0.29, 0.717) is 4.88 Å².